The lowest BCUT2D eigenvalue weighted by atomic mass is 10.1. The molecule has 0 bridgehead atoms. The highest BCUT2D eigenvalue weighted by Crippen LogP contribution is 2.34. The molecule has 0 aromatic heterocycles. The Labute approximate surface area is 207 Å². The SMILES string of the molecule is O=C(C[C@H]1N=C2c3ccccc3N=C(SCc3ccc(F)cc3)N2C1=O)NCCc1ccccc1. The van der Waals surface area contributed by atoms with Gasteiger partial charge >= 0.3 is 0 Å². The predicted molar refractivity (Wildman–Crippen MR) is 136 cm³/mol. The zero-order chi connectivity index (χ0) is 24.2. The van der Waals surface area contributed by atoms with Crippen molar-refractivity contribution >= 4 is 40.3 Å². The summed E-state index contributed by atoms with van der Waals surface area (Å²) in [5.74, 6) is 0.261. The molecule has 0 saturated heterocycles. The summed E-state index contributed by atoms with van der Waals surface area (Å²) >= 11 is 1.38. The highest BCUT2D eigenvalue weighted by molar-refractivity contribution is 8.13. The molecule has 3 aromatic carbocycles. The molecule has 5 rings (SSSR count). The summed E-state index contributed by atoms with van der Waals surface area (Å²) in [4.78, 5) is 36.8. The minimum atomic E-state index is -0.801. The molecule has 6 nitrogen and oxygen atoms in total. The zero-order valence-corrected chi connectivity index (χ0v) is 19.7. The van der Waals surface area contributed by atoms with Crippen LogP contribution in [-0.2, 0) is 21.8 Å². The number of amidine groups is 2. The van der Waals surface area contributed by atoms with Crippen LogP contribution in [0.4, 0.5) is 10.1 Å². The Morgan fingerprint density at radius 3 is 2.51 bits per heavy atom. The van der Waals surface area contributed by atoms with Crippen molar-refractivity contribution in [2.24, 2.45) is 9.98 Å². The molecule has 0 saturated carbocycles. The summed E-state index contributed by atoms with van der Waals surface area (Å²) in [6.07, 6.45) is 0.696. The summed E-state index contributed by atoms with van der Waals surface area (Å²) in [6.45, 7) is 0.493. The number of fused-ring (bicyclic) bond motifs is 3. The first-order valence-electron chi connectivity index (χ1n) is 11.4. The Hall–Kier alpha value is -3.78. The molecular weight excluding hydrogens is 463 g/mol. The minimum Gasteiger partial charge on any atom is -0.356 e. The third-order valence-electron chi connectivity index (χ3n) is 5.79. The maximum absolute atomic E-state index is 13.3. The van der Waals surface area contributed by atoms with Gasteiger partial charge in [0.1, 0.15) is 17.7 Å². The van der Waals surface area contributed by atoms with Gasteiger partial charge in [0.05, 0.1) is 12.1 Å². The van der Waals surface area contributed by atoms with Gasteiger partial charge in [-0.25, -0.2) is 14.3 Å². The number of para-hydroxylation sites is 1. The molecule has 2 aliphatic heterocycles. The molecule has 0 unspecified atom stereocenters. The molecule has 35 heavy (non-hydrogen) atoms. The number of nitrogens with zero attached hydrogens (tertiary/aromatic N) is 3. The quantitative estimate of drug-likeness (QED) is 0.536. The third kappa shape index (κ3) is 5.17. The Bertz CT molecular complexity index is 1310. The molecule has 1 atom stereocenters. The fourth-order valence-corrected chi connectivity index (χ4v) is 4.96. The molecule has 0 aliphatic carbocycles. The number of halogens is 1. The van der Waals surface area contributed by atoms with E-state index in [-0.39, 0.29) is 24.1 Å². The van der Waals surface area contributed by atoms with Crippen LogP contribution < -0.4 is 5.32 Å². The highest BCUT2D eigenvalue weighted by Gasteiger charge is 2.42. The summed E-state index contributed by atoms with van der Waals surface area (Å²) in [5.41, 5.74) is 3.54. The highest BCUT2D eigenvalue weighted by atomic mass is 32.2. The standard InChI is InChI=1S/C27H23FN4O2S/c28-20-12-10-19(11-13-20)17-35-27-31-22-9-5-4-8-21(22)25-30-23(26(34)32(25)27)16-24(33)29-15-14-18-6-2-1-3-7-18/h1-13,23H,14-17H2,(H,29,33)/t23-/m1/s1. The Kier molecular flexibility index (Phi) is 6.72. The topological polar surface area (TPSA) is 74.1 Å². The lowest BCUT2D eigenvalue weighted by Gasteiger charge is -2.25. The number of rotatable bonds is 7. The monoisotopic (exact) mass is 486 g/mol. The van der Waals surface area contributed by atoms with Crippen LogP contribution in [0.25, 0.3) is 0 Å². The van der Waals surface area contributed by atoms with E-state index in [1.807, 2.05) is 54.6 Å². The van der Waals surface area contributed by atoms with Gasteiger partial charge in [-0.15, -0.1) is 0 Å². The Morgan fingerprint density at radius 1 is 0.971 bits per heavy atom. The smallest absolute Gasteiger partial charge is 0.259 e. The van der Waals surface area contributed by atoms with Crippen molar-refractivity contribution < 1.29 is 14.0 Å². The van der Waals surface area contributed by atoms with E-state index in [9.17, 15) is 14.0 Å². The summed E-state index contributed by atoms with van der Waals surface area (Å²) < 4.78 is 13.3. The van der Waals surface area contributed by atoms with Gasteiger partial charge in [-0.05, 0) is 41.8 Å². The second-order valence-corrected chi connectivity index (χ2v) is 9.20. The van der Waals surface area contributed by atoms with Crippen molar-refractivity contribution in [3.63, 3.8) is 0 Å². The van der Waals surface area contributed by atoms with Gasteiger partial charge in [0, 0.05) is 17.9 Å². The lowest BCUT2D eigenvalue weighted by molar-refractivity contribution is -0.128. The van der Waals surface area contributed by atoms with Crippen LogP contribution in [-0.4, -0.2) is 40.3 Å². The summed E-state index contributed by atoms with van der Waals surface area (Å²) in [7, 11) is 0. The maximum atomic E-state index is 13.3. The van der Waals surface area contributed by atoms with Crippen LogP contribution in [0.3, 0.4) is 0 Å². The summed E-state index contributed by atoms with van der Waals surface area (Å²) in [5, 5.41) is 3.40. The van der Waals surface area contributed by atoms with E-state index in [4.69, 9.17) is 4.99 Å². The van der Waals surface area contributed by atoms with Gasteiger partial charge in [0.25, 0.3) is 5.91 Å². The molecular formula is C27H23FN4O2S. The molecule has 1 N–H and O–H groups in total. The van der Waals surface area contributed by atoms with Crippen molar-refractivity contribution in [3.05, 3.63) is 101 Å². The molecule has 0 radical (unpaired) electrons. The van der Waals surface area contributed by atoms with Crippen LogP contribution in [0.2, 0.25) is 0 Å². The first-order chi connectivity index (χ1) is 17.1. The van der Waals surface area contributed by atoms with Gasteiger partial charge in [0.15, 0.2) is 5.17 Å². The number of hydrogen-bond acceptors (Lipinski definition) is 5. The number of aliphatic imine (C=N–C) groups is 2. The Morgan fingerprint density at radius 2 is 1.71 bits per heavy atom. The summed E-state index contributed by atoms with van der Waals surface area (Å²) in [6, 6.07) is 22.9. The number of thioether (sulfide) groups is 1. The van der Waals surface area contributed by atoms with E-state index in [1.165, 1.54) is 28.8 Å². The minimum absolute atomic E-state index is 0.0221. The first-order valence-corrected chi connectivity index (χ1v) is 12.3. The molecule has 8 heteroatoms. The van der Waals surface area contributed by atoms with E-state index in [2.05, 4.69) is 10.3 Å². The number of amides is 2. The van der Waals surface area contributed by atoms with Gasteiger partial charge in [-0.3, -0.25) is 14.6 Å². The normalized spacial score (nSPS) is 16.3. The average molecular weight is 487 g/mol. The lowest BCUT2D eigenvalue weighted by Crippen LogP contribution is -2.42. The maximum Gasteiger partial charge on any atom is 0.259 e. The molecule has 2 heterocycles. The van der Waals surface area contributed by atoms with Crippen molar-refractivity contribution in [2.75, 3.05) is 6.54 Å². The number of hydrogen-bond donors (Lipinski definition) is 1. The second kappa shape index (κ2) is 10.2. The fourth-order valence-electron chi connectivity index (χ4n) is 4.00. The number of carbonyl (C=O) groups is 2. The molecule has 176 valence electrons. The van der Waals surface area contributed by atoms with Crippen LogP contribution in [0, 0.1) is 5.82 Å². The first kappa shape index (κ1) is 23.0. The number of benzene rings is 3. The van der Waals surface area contributed by atoms with Crippen molar-refractivity contribution in [1.82, 2.24) is 10.2 Å². The fraction of sp³-hybridized carbons (Fsp3) is 0.185. The van der Waals surface area contributed by atoms with Crippen molar-refractivity contribution in [1.29, 1.82) is 0 Å². The second-order valence-electron chi connectivity index (χ2n) is 8.26. The predicted octanol–water partition coefficient (Wildman–Crippen LogP) is 4.47. The van der Waals surface area contributed by atoms with Gasteiger partial charge in [-0.2, -0.15) is 0 Å². The van der Waals surface area contributed by atoms with E-state index in [1.54, 1.807) is 12.1 Å². The zero-order valence-electron chi connectivity index (χ0n) is 18.9. The molecule has 2 amide bonds. The van der Waals surface area contributed by atoms with E-state index in [0.717, 1.165) is 28.8 Å². The van der Waals surface area contributed by atoms with E-state index < -0.39 is 6.04 Å². The van der Waals surface area contributed by atoms with Gasteiger partial charge in [-0.1, -0.05) is 66.4 Å². The van der Waals surface area contributed by atoms with Gasteiger partial charge in [0.2, 0.25) is 5.91 Å². The molecule has 0 fully saturated rings. The number of nitrogens with one attached hydrogen (secondary N) is 1. The van der Waals surface area contributed by atoms with Crippen molar-refractivity contribution in [2.45, 2.75) is 24.6 Å². The Balaban J connectivity index is 1.29. The van der Waals surface area contributed by atoms with Crippen LogP contribution in [0.5, 0.6) is 0 Å². The van der Waals surface area contributed by atoms with Crippen LogP contribution in [0.15, 0.2) is 88.8 Å². The number of carbonyl (C=O) groups excluding carboxylic acids is 2. The van der Waals surface area contributed by atoms with E-state index >= 15 is 0 Å². The third-order valence-corrected chi connectivity index (χ3v) is 6.80. The molecule has 3 aromatic rings. The molecule has 2 aliphatic rings. The van der Waals surface area contributed by atoms with Crippen LogP contribution >= 0.6 is 11.8 Å². The largest absolute Gasteiger partial charge is 0.356 e. The average Bonchev–Trinajstić information content (AvgIpc) is 3.20. The van der Waals surface area contributed by atoms with E-state index in [0.29, 0.717) is 23.3 Å². The van der Waals surface area contributed by atoms with Gasteiger partial charge < -0.3 is 5.32 Å². The van der Waals surface area contributed by atoms with Crippen molar-refractivity contribution in [3.8, 4) is 0 Å². The van der Waals surface area contributed by atoms with Crippen LogP contribution in [0.1, 0.15) is 23.1 Å². The molecule has 0 spiro atoms.